The Bertz CT molecular complexity index is 1320. The van der Waals surface area contributed by atoms with E-state index >= 15 is 0 Å². The summed E-state index contributed by atoms with van der Waals surface area (Å²) in [5.74, 6) is -0.0969. The second-order valence-electron chi connectivity index (χ2n) is 9.35. The molecule has 5 rings (SSSR count). The Hall–Kier alpha value is -3.34. The van der Waals surface area contributed by atoms with E-state index in [2.05, 4.69) is 32.6 Å². The molecule has 8 nitrogen and oxygen atoms in total. The van der Waals surface area contributed by atoms with Crippen molar-refractivity contribution in [3.8, 4) is 5.69 Å². The molecule has 198 valence electrons. The second kappa shape index (κ2) is 11.6. The number of hydrogen-bond acceptors (Lipinski definition) is 5. The van der Waals surface area contributed by atoms with E-state index in [9.17, 15) is 14.0 Å². The number of carbonyl (C=O) groups excluding carboxylic acids is 2. The van der Waals surface area contributed by atoms with E-state index in [1.807, 2.05) is 55.7 Å². The van der Waals surface area contributed by atoms with Gasteiger partial charge in [-0.2, -0.15) is 5.10 Å². The Morgan fingerprint density at radius 1 is 1.21 bits per heavy atom. The third kappa shape index (κ3) is 5.57. The van der Waals surface area contributed by atoms with Crippen LogP contribution in [0.1, 0.15) is 30.3 Å². The first-order chi connectivity index (χ1) is 18.5. The van der Waals surface area contributed by atoms with Crippen molar-refractivity contribution in [3.63, 3.8) is 0 Å². The zero-order valence-electron chi connectivity index (χ0n) is 20.9. The Morgan fingerprint density at radius 3 is 2.74 bits per heavy atom. The van der Waals surface area contributed by atoms with Crippen molar-refractivity contribution in [2.75, 3.05) is 20.2 Å². The number of benzene rings is 1. The number of carbonyl (C=O) groups is 2. The van der Waals surface area contributed by atoms with Crippen molar-refractivity contribution in [2.24, 2.45) is 0 Å². The maximum atomic E-state index is 13.8. The molecule has 4 unspecified atom stereocenters. The van der Waals surface area contributed by atoms with Crippen LogP contribution in [0, 0.1) is 0 Å². The molecule has 4 atom stereocenters. The molecule has 0 spiro atoms. The highest BCUT2D eigenvalue weighted by atomic mass is 79.9. The van der Waals surface area contributed by atoms with Crippen molar-refractivity contribution in [1.82, 2.24) is 25.3 Å². The minimum atomic E-state index is -1.02. The van der Waals surface area contributed by atoms with E-state index < -0.39 is 12.4 Å². The standard InChI is InChI=1S/C28H29BrFN5O3/c1-31-25-14-18(2-11-24(25)32-17-36)12-13-34-26(37)16-38-28(34)23-15-35(22-9-5-20(29)6-10-22)33-27(23)19-3-7-21(30)8-4-19/h2-7,9-11,14-15,17,21,24-25,28,31H,8,12-13,16H2,1H3,(H,32,36). The number of allylic oxidation sites excluding steroid dienone is 5. The molecule has 0 saturated carbocycles. The molecule has 1 aromatic heterocycles. The Morgan fingerprint density at radius 2 is 2.03 bits per heavy atom. The molecule has 38 heavy (non-hydrogen) atoms. The molecule has 2 aliphatic carbocycles. The third-order valence-electron chi connectivity index (χ3n) is 6.92. The highest BCUT2D eigenvalue weighted by Gasteiger charge is 2.36. The minimum Gasteiger partial charge on any atom is -0.351 e. The van der Waals surface area contributed by atoms with Gasteiger partial charge in [0, 0.05) is 35.2 Å². The normalized spacial score (nSPS) is 24.9. The van der Waals surface area contributed by atoms with Gasteiger partial charge in [0.05, 0.1) is 11.7 Å². The lowest BCUT2D eigenvalue weighted by Crippen LogP contribution is -2.45. The van der Waals surface area contributed by atoms with Crippen LogP contribution in [0.5, 0.6) is 0 Å². The van der Waals surface area contributed by atoms with Crippen LogP contribution in [0.15, 0.2) is 77.0 Å². The van der Waals surface area contributed by atoms with Gasteiger partial charge in [0.15, 0.2) is 6.23 Å². The van der Waals surface area contributed by atoms with Gasteiger partial charge in [0.25, 0.3) is 5.91 Å². The maximum absolute atomic E-state index is 13.8. The van der Waals surface area contributed by atoms with Gasteiger partial charge in [-0.25, -0.2) is 9.07 Å². The molecule has 2 aromatic rings. The fourth-order valence-electron chi connectivity index (χ4n) is 4.90. The quantitative estimate of drug-likeness (QED) is 0.440. The third-order valence-corrected chi connectivity index (χ3v) is 7.45. The van der Waals surface area contributed by atoms with Crippen LogP contribution >= 0.6 is 15.9 Å². The van der Waals surface area contributed by atoms with Crippen LogP contribution in [0.3, 0.4) is 0 Å². The van der Waals surface area contributed by atoms with Crippen LogP contribution in [0.2, 0.25) is 0 Å². The average molecular weight is 582 g/mol. The minimum absolute atomic E-state index is 0.0195. The summed E-state index contributed by atoms with van der Waals surface area (Å²) in [5, 5.41) is 10.8. The zero-order chi connectivity index (χ0) is 26.6. The molecule has 2 N–H and O–H groups in total. The monoisotopic (exact) mass is 581 g/mol. The first-order valence-corrected chi connectivity index (χ1v) is 13.3. The van der Waals surface area contributed by atoms with Gasteiger partial charge in [-0.3, -0.25) is 9.59 Å². The van der Waals surface area contributed by atoms with Crippen molar-refractivity contribution >= 4 is 33.8 Å². The van der Waals surface area contributed by atoms with Crippen LogP contribution in [-0.2, 0) is 14.3 Å². The Kier molecular flexibility index (Phi) is 8.01. The second-order valence-corrected chi connectivity index (χ2v) is 10.3. The summed E-state index contributed by atoms with van der Waals surface area (Å²) in [6, 6.07) is 7.59. The van der Waals surface area contributed by atoms with Crippen LogP contribution in [-0.4, -0.2) is 65.5 Å². The number of nitrogens with one attached hydrogen (secondary N) is 2. The average Bonchev–Trinajstić information content (AvgIpc) is 3.52. The molecule has 1 fully saturated rings. The lowest BCUT2D eigenvalue weighted by Gasteiger charge is -2.27. The van der Waals surface area contributed by atoms with Crippen molar-refractivity contribution in [1.29, 1.82) is 0 Å². The fourth-order valence-corrected chi connectivity index (χ4v) is 5.16. The number of aromatic nitrogens is 2. The summed E-state index contributed by atoms with van der Waals surface area (Å²) in [7, 11) is 1.84. The van der Waals surface area contributed by atoms with Gasteiger partial charge in [-0.15, -0.1) is 0 Å². The smallest absolute Gasteiger partial charge is 0.250 e. The molecule has 0 radical (unpaired) electrons. The Labute approximate surface area is 229 Å². The molecule has 0 bridgehead atoms. The van der Waals surface area contributed by atoms with Gasteiger partial charge in [0.1, 0.15) is 18.5 Å². The molecular formula is C28H29BrFN5O3. The van der Waals surface area contributed by atoms with E-state index in [1.165, 1.54) is 6.08 Å². The summed E-state index contributed by atoms with van der Waals surface area (Å²) in [4.78, 5) is 25.6. The summed E-state index contributed by atoms with van der Waals surface area (Å²) < 4.78 is 22.5. The fraction of sp³-hybridized carbons (Fsp3) is 0.321. The van der Waals surface area contributed by atoms with Crippen LogP contribution in [0.4, 0.5) is 4.39 Å². The van der Waals surface area contributed by atoms with Gasteiger partial charge >= 0.3 is 0 Å². The predicted octanol–water partition coefficient (Wildman–Crippen LogP) is 3.76. The van der Waals surface area contributed by atoms with Gasteiger partial charge in [0.2, 0.25) is 6.41 Å². The van der Waals surface area contributed by atoms with Gasteiger partial charge in [-0.1, -0.05) is 46.3 Å². The van der Waals surface area contributed by atoms with E-state index in [-0.39, 0.29) is 31.0 Å². The first-order valence-electron chi connectivity index (χ1n) is 12.5. The summed E-state index contributed by atoms with van der Waals surface area (Å²) in [5.41, 5.74) is 4.13. The van der Waals surface area contributed by atoms with E-state index in [4.69, 9.17) is 9.84 Å². The molecule has 10 heteroatoms. The molecule has 3 aliphatic rings. The molecule has 2 heterocycles. The number of alkyl halides is 1. The summed E-state index contributed by atoms with van der Waals surface area (Å²) in [6.45, 7) is 0.431. The highest BCUT2D eigenvalue weighted by molar-refractivity contribution is 9.10. The molecule has 2 amide bonds. The van der Waals surface area contributed by atoms with Gasteiger partial charge in [-0.05, 0) is 55.0 Å². The van der Waals surface area contributed by atoms with Crippen molar-refractivity contribution in [3.05, 3.63) is 88.2 Å². The largest absolute Gasteiger partial charge is 0.351 e. The Balaban J connectivity index is 1.42. The number of halogens is 2. The molecule has 1 saturated heterocycles. The molecular weight excluding hydrogens is 553 g/mol. The SMILES string of the molecule is CNC1C=C(CCN2C(=O)COC2c2cn(-c3ccc(Br)cc3)nc2C2=CCC(F)C=C2)C=CC1NC=O. The number of hydrogen-bond donors (Lipinski definition) is 2. The molecule has 1 aliphatic heterocycles. The van der Waals surface area contributed by atoms with E-state index in [0.29, 0.717) is 25.1 Å². The van der Waals surface area contributed by atoms with E-state index in [0.717, 1.165) is 26.9 Å². The number of rotatable bonds is 9. The van der Waals surface area contributed by atoms with Gasteiger partial charge < -0.3 is 20.3 Å². The zero-order valence-corrected chi connectivity index (χ0v) is 22.5. The number of likely N-dealkylation sites (N-methyl/N-ethyl adjacent to an activating group) is 1. The summed E-state index contributed by atoms with van der Waals surface area (Å²) >= 11 is 3.46. The first kappa shape index (κ1) is 26.3. The number of nitrogens with zero attached hydrogens (tertiary/aromatic N) is 3. The topological polar surface area (TPSA) is 88.5 Å². The van der Waals surface area contributed by atoms with Crippen molar-refractivity contribution < 1.29 is 18.7 Å². The van der Waals surface area contributed by atoms with Crippen LogP contribution in [0.25, 0.3) is 11.3 Å². The molecule has 1 aromatic carbocycles. The number of amides is 2. The van der Waals surface area contributed by atoms with E-state index in [1.54, 1.807) is 15.7 Å². The predicted molar refractivity (Wildman–Crippen MR) is 146 cm³/mol. The maximum Gasteiger partial charge on any atom is 0.250 e. The van der Waals surface area contributed by atoms with Crippen LogP contribution < -0.4 is 10.6 Å². The summed E-state index contributed by atoms with van der Waals surface area (Å²) in [6.07, 6.45) is 13.0. The lowest BCUT2D eigenvalue weighted by atomic mass is 9.96. The highest BCUT2D eigenvalue weighted by Crippen LogP contribution is 2.35. The van der Waals surface area contributed by atoms with Crippen molar-refractivity contribution in [2.45, 2.75) is 37.3 Å². The lowest BCUT2D eigenvalue weighted by molar-refractivity contribution is -0.128. The number of ether oxygens (including phenoxy) is 1.